The van der Waals surface area contributed by atoms with Crippen molar-refractivity contribution in [3.63, 3.8) is 0 Å². The van der Waals surface area contributed by atoms with Crippen molar-refractivity contribution in [3.8, 4) is 11.3 Å². The van der Waals surface area contributed by atoms with Gasteiger partial charge in [0, 0.05) is 10.9 Å². The quantitative estimate of drug-likeness (QED) is 0.588. The first kappa shape index (κ1) is 13.2. The molecule has 0 saturated carbocycles. The number of esters is 1. The number of hydrogen-bond acceptors (Lipinski definition) is 3. The van der Waals surface area contributed by atoms with Crippen LogP contribution in [-0.4, -0.2) is 22.5 Å². The van der Waals surface area contributed by atoms with E-state index in [4.69, 9.17) is 4.74 Å². The van der Waals surface area contributed by atoms with Crippen molar-refractivity contribution in [1.82, 2.24) is 4.73 Å². The van der Waals surface area contributed by atoms with E-state index < -0.39 is 5.97 Å². The molecule has 0 fully saturated rings. The van der Waals surface area contributed by atoms with Gasteiger partial charge in [-0.1, -0.05) is 48.5 Å². The molecular weight excluding hydrogens is 266 g/mol. The summed E-state index contributed by atoms with van der Waals surface area (Å²) < 4.78 is 6.20. The standard InChI is InChI=1S/C17H15NO3/c1-2-21-17(19)15-13-10-6-7-11-14(13)18(20)16(15)12-8-4-3-5-9-12/h3-11,20H,2H2,1H3. The monoisotopic (exact) mass is 281 g/mol. The van der Waals surface area contributed by atoms with Gasteiger partial charge in [-0.05, 0) is 13.0 Å². The maximum Gasteiger partial charge on any atom is 0.341 e. The van der Waals surface area contributed by atoms with E-state index in [-0.39, 0.29) is 6.61 Å². The molecule has 4 nitrogen and oxygen atoms in total. The number of aromatic nitrogens is 1. The Labute approximate surface area is 122 Å². The zero-order valence-corrected chi connectivity index (χ0v) is 11.6. The molecule has 1 aromatic heterocycles. The van der Waals surface area contributed by atoms with E-state index >= 15 is 0 Å². The lowest BCUT2D eigenvalue weighted by atomic mass is 10.1. The first-order chi connectivity index (χ1) is 10.2. The highest BCUT2D eigenvalue weighted by molar-refractivity contribution is 6.10. The zero-order chi connectivity index (χ0) is 14.8. The Morgan fingerprint density at radius 2 is 1.76 bits per heavy atom. The normalized spacial score (nSPS) is 10.7. The van der Waals surface area contributed by atoms with Crippen LogP contribution in [0.15, 0.2) is 54.6 Å². The minimum Gasteiger partial charge on any atom is -0.462 e. The zero-order valence-electron chi connectivity index (χ0n) is 11.6. The molecule has 0 atom stereocenters. The van der Waals surface area contributed by atoms with E-state index in [1.807, 2.05) is 42.5 Å². The van der Waals surface area contributed by atoms with Gasteiger partial charge in [-0.3, -0.25) is 0 Å². The number of hydrogen-bond donors (Lipinski definition) is 1. The summed E-state index contributed by atoms with van der Waals surface area (Å²) in [6.45, 7) is 2.05. The third-order valence-corrected chi connectivity index (χ3v) is 3.38. The van der Waals surface area contributed by atoms with Gasteiger partial charge in [0.2, 0.25) is 0 Å². The van der Waals surface area contributed by atoms with E-state index in [0.29, 0.717) is 22.2 Å². The number of para-hydroxylation sites is 1. The summed E-state index contributed by atoms with van der Waals surface area (Å²) in [5, 5.41) is 11.1. The molecule has 1 N–H and O–H groups in total. The molecule has 0 amide bonds. The Hall–Kier alpha value is -2.75. The van der Waals surface area contributed by atoms with Crippen molar-refractivity contribution in [1.29, 1.82) is 0 Å². The summed E-state index contributed by atoms with van der Waals surface area (Å²) in [6, 6.07) is 16.5. The molecule has 0 aliphatic heterocycles. The van der Waals surface area contributed by atoms with Gasteiger partial charge in [0.05, 0.1) is 17.7 Å². The average molecular weight is 281 g/mol. The number of carbonyl (C=O) groups is 1. The lowest BCUT2D eigenvalue weighted by Gasteiger charge is -2.06. The summed E-state index contributed by atoms with van der Waals surface area (Å²) in [7, 11) is 0. The fourth-order valence-corrected chi connectivity index (χ4v) is 2.50. The van der Waals surface area contributed by atoms with Crippen molar-refractivity contribution in [3.05, 3.63) is 60.2 Å². The van der Waals surface area contributed by atoms with Crippen molar-refractivity contribution < 1.29 is 14.7 Å². The molecule has 0 unspecified atom stereocenters. The summed E-state index contributed by atoms with van der Waals surface area (Å²) in [6.07, 6.45) is 0. The first-order valence-electron chi connectivity index (χ1n) is 6.79. The number of ether oxygens (including phenoxy) is 1. The van der Waals surface area contributed by atoms with E-state index in [2.05, 4.69) is 0 Å². The predicted octanol–water partition coefficient (Wildman–Crippen LogP) is 3.72. The van der Waals surface area contributed by atoms with E-state index in [1.165, 1.54) is 0 Å². The second-order valence-electron chi connectivity index (χ2n) is 4.64. The molecular formula is C17H15NO3. The Bertz CT molecular complexity index is 790. The van der Waals surface area contributed by atoms with Crippen LogP contribution in [0.25, 0.3) is 22.2 Å². The first-order valence-corrected chi connectivity index (χ1v) is 6.79. The Kier molecular flexibility index (Phi) is 3.36. The smallest absolute Gasteiger partial charge is 0.341 e. The van der Waals surface area contributed by atoms with Gasteiger partial charge in [0.1, 0.15) is 5.69 Å². The lowest BCUT2D eigenvalue weighted by molar-refractivity contribution is 0.0527. The molecule has 0 aliphatic rings. The van der Waals surface area contributed by atoms with Gasteiger partial charge in [-0.25, -0.2) is 4.79 Å². The molecule has 3 aromatic rings. The van der Waals surface area contributed by atoms with Crippen LogP contribution in [0, 0.1) is 0 Å². The van der Waals surface area contributed by atoms with Crippen LogP contribution in [0.3, 0.4) is 0 Å². The van der Waals surface area contributed by atoms with Gasteiger partial charge < -0.3 is 9.94 Å². The molecule has 21 heavy (non-hydrogen) atoms. The van der Waals surface area contributed by atoms with Crippen LogP contribution in [0.2, 0.25) is 0 Å². The van der Waals surface area contributed by atoms with Gasteiger partial charge >= 0.3 is 5.97 Å². The number of rotatable bonds is 3. The molecule has 0 aliphatic carbocycles. The third kappa shape index (κ3) is 2.14. The molecule has 1 heterocycles. The molecule has 3 rings (SSSR count). The third-order valence-electron chi connectivity index (χ3n) is 3.38. The summed E-state index contributed by atoms with van der Waals surface area (Å²) in [5.41, 5.74) is 2.19. The Balaban J connectivity index is 2.34. The molecule has 106 valence electrons. The van der Waals surface area contributed by atoms with Crippen LogP contribution in [0.5, 0.6) is 0 Å². The van der Waals surface area contributed by atoms with Crippen molar-refractivity contribution in [2.45, 2.75) is 6.92 Å². The number of benzene rings is 2. The van der Waals surface area contributed by atoms with Gasteiger partial charge in [0.25, 0.3) is 0 Å². The molecule has 0 saturated heterocycles. The SMILES string of the molecule is CCOC(=O)c1c(-c2ccccc2)n(O)c2ccccc12. The van der Waals surface area contributed by atoms with Crippen LogP contribution in [0.1, 0.15) is 17.3 Å². The molecule has 0 bridgehead atoms. The highest BCUT2D eigenvalue weighted by Gasteiger charge is 2.24. The van der Waals surface area contributed by atoms with Crippen LogP contribution in [0.4, 0.5) is 0 Å². The molecule has 2 aromatic carbocycles. The number of carbonyl (C=O) groups excluding carboxylic acids is 1. The van der Waals surface area contributed by atoms with Crippen LogP contribution < -0.4 is 0 Å². The van der Waals surface area contributed by atoms with Crippen LogP contribution >= 0.6 is 0 Å². The van der Waals surface area contributed by atoms with E-state index in [1.54, 1.807) is 19.1 Å². The maximum absolute atomic E-state index is 12.3. The van der Waals surface area contributed by atoms with Crippen molar-refractivity contribution in [2.24, 2.45) is 0 Å². The average Bonchev–Trinajstić information content (AvgIpc) is 2.82. The topological polar surface area (TPSA) is 51.5 Å². The van der Waals surface area contributed by atoms with Gasteiger partial charge in [-0.2, -0.15) is 4.73 Å². The summed E-state index contributed by atoms with van der Waals surface area (Å²) in [5.74, 6) is -0.430. The Morgan fingerprint density at radius 1 is 1.10 bits per heavy atom. The van der Waals surface area contributed by atoms with Crippen molar-refractivity contribution >= 4 is 16.9 Å². The minimum absolute atomic E-state index is 0.290. The maximum atomic E-state index is 12.3. The highest BCUT2D eigenvalue weighted by atomic mass is 16.5. The fraction of sp³-hybridized carbons (Fsp3) is 0.118. The van der Waals surface area contributed by atoms with Crippen LogP contribution in [-0.2, 0) is 4.74 Å². The summed E-state index contributed by atoms with van der Waals surface area (Å²) >= 11 is 0. The second-order valence-corrected chi connectivity index (χ2v) is 4.64. The van der Waals surface area contributed by atoms with E-state index in [0.717, 1.165) is 10.3 Å². The Morgan fingerprint density at radius 3 is 2.48 bits per heavy atom. The predicted molar refractivity (Wildman–Crippen MR) is 80.5 cm³/mol. The van der Waals surface area contributed by atoms with Crippen molar-refractivity contribution in [2.75, 3.05) is 6.61 Å². The fourth-order valence-electron chi connectivity index (χ4n) is 2.50. The van der Waals surface area contributed by atoms with Gasteiger partial charge in [-0.15, -0.1) is 0 Å². The van der Waals surface area contributed by atoms with E-state index in [9.17, 15) is 10.0 Å². The highest BCUT2D eigenvalue weighted by Crippen LogP contribution is 2.33. The molecule has 4 heteroatoms. The number of fused-ring (bicyclic) bond motifs is 1. The lowest BCUT2D eigenvalue weighted by Crippen LogP contribution is -2.06. The largest absolute Gasteiger partial charge is 0.462 e. The summed E-state index contributed by atoms with van der Waals surface area (Å²) in [4.78, 5) is 12.3. The van der Waals surface area contributed by atoms with Gasteiger partial charge in [0.15, 0.2) is 0 Å². The minimum atomic E-state index is -0.430. The molecule has 0 radical (unpaired) electrons. The molecule has 0 spiro atoms. The number of nitrogens with zero attached hydrogens (tertiary/aromatic N) is 1. The second kappa shape index (κ2) is 5.32.